The molecular formula is C19H23F3N4O5. The van der Waals surface area contributed by atoms with Gasteiger partial charge in [-0.15, -0.1) is 0 Å². The van der Waals surface area contributed by atoms with Crippen molar-refractivity contribution in [3.63, 3.8) is 0 Å². The van der Waals surface area contributed by atoms with Crippen LogP contribution in [0.2, 0.25) is 0 Å². The number of nitrogens with zero attached hydrogens (tertiary/aromatic N) is 4. The largest absolute Gasteiger partial charge is 0.490 e. The van der Waals surface area contributed by atoms with E-state index >= 15 is 0 Å². The summed E-state index contributed by atoms with van der Waals surface area (Å²) in [6.07, 6.45) is 0.851. The smallest absolute Gasteiger partial charge is 0.475 e. The van der Waals surface area contributed by atoms with Crippen LogP contribution >= 0.6 is 0 Å². The molecule has 0 bridgehead atoms. The minimum Gasteiger partial charge on any atom is -0.475 e. The summed E-state index contributed by atoms with van der Waals surface area (Å²) in [5.74, 6) is -1.78. The van der Waals surface area contributed by atoms with Crippen molar-refractivity contribution in [1.82, 2.24) is 19.7 Å². The lowest BCUT2D eigenvalue weighted by Gasteiger charge is -2.34. The molecule has 31 heavy (non-hydrogen) atoms. The van der Waals surface area contributed by atoms with E-state index in [1.165, 1.54) is 5.06 Å². The van der Waals surface area contributed by atoms with Crippen molar-refractivity contribution in [3.8, 4) is 0 Å². The molecule has 1 unspecified atom stereocenters. The van der Waals surface area contributed by atoms with Crippen LogP contribution in [0.15, 0.2) is 35.1 Å². The van der Waals surface area contributed by atoms with Gasteiger partial charge in [0.05, 0.1) is 37.6 Å². The molecule has 2 aromatic heterocycles. The van der Waals surface area contributed by atoms with Gasteiger partial charge in [-0.2, -0.15) is 18.3 Å². The quantitative estimate of drug-likeness (QED) is 0.774. The highest BCUT2D eigenvalue weighted by Crippen LogP contribution is 2.25. The minimum atomic E-state index is -5.08. The fourth-order valence-electron chi connectivity index (χ4n) is 3.46. The third-order valence-corrected chi connectivity index (χ3v) is 4.85. The molecule has 9 nitrogen and oxygen atoms in total. The first-order valence-corrected chi connectivity index (χ1v) is 9.74. The Morgan fingerprint density at radius 1 is 1.26 bits per heavy atom. The van der Waals surface area contributed by atoms with Gasteiger partial charge >= 0.3 is 12.1 Å². The Hall–Kier alpha value is -2.86. The number of carboxylic acid groups (broad SMARTS) is 1. The van der Waals surface area contributed by atoms with Crippen LogP contribution in [0.1, 0.15) is 36.8 Å². The Morgan fingerprint density at radius 2 is 2.03 bits per heavy atom. The van der Waals surface area contributed by atoms with Crippen molar-refractivity contribution >= 4 is 11.9 Å². The van der Waals surface area contributed by atoms with E-state index in [4.69, 9.17) is 19.2 Å². The lowest BCUT2D eigenvalue weighted by molar-refractivity contribution is -0.198. The highest BCUT2D eigenvalue weighted by molar-refractivity contribution is 5.75. The van der Waals surface area contributed by atoms with Gasteiger partial charge in [-0.25, -0.2) is 9.86 Å². The number of alkyl halides is 3. The number of rotatable bonds is 4. The molecule has 170 valence electrons. The van der Waals surface area contributed by atoms with E-state index in [0.29, 0.717) is 19.6 Å². The molecule has 0 aromatic carbocycles. The number of amides is 1. The van der Waals surface area contributed by atoms with Gasteiger partial charge in [-0.1, -0.05) is 0 Å². The molecule has 4 heterocycles. The molecular weight excluding hydrogens is 421 g/mol. The summed E-state index contributed by atoms with van der Waals surface area (Å²) in [5.41, 5.74) is 1.13. The Kier molecular flexibility index (Phi) is 7.33. The number of fused-ring (bicyclic) bond motifs is 1. The average Bonchev–Trinajstić information content (AvgIpc) is 3.40. The number of carboxylic acids is 1. The number of carbonyl (C=O) groups excluding carboxylic acids is 1. The van der Waals surface area contributed by atoms with Crippen LogP contribution < -0.4 is 0 Å². The van der Waals surface area contributed by atoms with E-state index in [9.17, 15) is 18.0 Å². The van der Waals surface area contributed by atoms with E-state index in [2.05, 4.69) is 10.00 Å². The summed E-state index contributed by atoms with van der Waals surface area (Å²) in [4.78, 5) is 29.2. The van der Waals surface area contributed by atoms with Crippen LogP contribution in [0.3, 0.4) is 0 Å². The number of aliphatic carboxylic acids is 1. The minimum absolute atomic E-state index is 0.0248. The van der Waals surface area contributed by atoms with E-state index < -0.39 is 12.1 Å². The van der Waals surface area contributed by atoms with Gasteiger partial charge in [0.1, 0.15) is 5.76 Å². The number of hydroxylamine groups is 2. The summed E-state index contributed by atoms with van der Waals surface area (Å²) < 4.78 is 39.2. The van der Waals surface area contributed by atoms with E-state index in [0.717, 1.165) is 43.9 Å². The van der Waals surface area contributed by atoms with Gasteiger partial charge in [-0.05, 0) is 31.0 Å². The molecule has 0 saturated carbocycles. The van der Waals surface area contributed by atoms with E-state index in [1.807, 2.05) is 22.9 Å². The molecule has 1 amide bonds. The fraction of sp³-hybridized carbons (Fsp3) is 0.526. The highest BCUT2D eigenvalue weighted by atomic mass is 19.4. The van der Waals surface area contributed by atoms with Crippen LogP contribution in [0, 0.1) is 0 Å². The maximum absolute atomic E-state index is 12.5. The molecule has 1 N–H and O–H groups in total. The van der Waals surface area contributed by atoms with Crippen LogP contribution in [-0.2, 0) is 27.5 Å². The van der Waals surface area contributed by atoms with Crippen molar-refractivity contribution in [1.29, 1.82) is 0 Å². The number of hydrogen-bond donors (Lipinski definition) is 1. The Labute approximate surface area is 175 Å². The molecule has 0 aliphatic carbocycles. The summed E-state index contributed by atoms with van der Waals surface area (Å²) >= 11 is 0. The number of carbonyl (C=O) groups is 2. The van der Waals surface area contributed by atoms with Gasteiger partial charge in [-0.3, -0.25) is 19.2 Å². The van der Waals surface area contributed by atoms with Crippen molar-refractivity contribution in [3.05, 3.63) is 42.1 Å². The van der Waals surface area contributed by atoms with Crippen molar-refractivity contribution < 1.29 is 37.1 Å². The first kappa shape index (κ1) is 22.8. The number of furan rings is 1. The fourth-order valence-corrected chi connectivity index (χ4v) is 3.46. The van der Waals surface area contributed by atoms with Gasteiger partial charge in [0.15, 0.2) is 0 Å². The zero-order valence-corrected chi connectivity index (χ0v) is 16.6. The van der Waals surface area contributed by atoms with Crippen molar-refractivity contribution in [2.24, 2.45) is 0 Å². The summed E-state index contributed by atoms with van der Waals surface area (Å²) in [7, 11) is 0. The summed E-state index contributed by atoms with van der Waals surface area (Å²) in [6.45, 7) is 3.64. The maximum atomic E-state index is 12.5. The molecule has 0 spiro atoms. The van der Waals surface area contributed by atoms with E-state index in [-0.39, 0.29) is 11.9 Å². The SMILES string of the molecule is O=C(CC1CN(Cc2ccco2)Cc2ccnn21)N1CCCCO1.O=C(O)C(F)(F)F. The highest BCUT2D eigenvalue weighted by Gasteiger charge is 2.38. The third kappa shape index (κ3) is 6.31. The molecule has 0 radical (unpaired) electrons. The standard InChI is InChI=1S/C17H22N4O3.C2HF3O2/c22-17(20-7-1-2-9-24-20)10-15-12-19(13-16-4-3-8-23-16)11-14-5-6-18-21(14)15;3-2(4,5)1(6)7/h3-6,8,15H,1-2,7,9-13H2;(H,6,7). The maximum Gasteiger partial charge on any atom is 0.490 e. The monoisotopic (exact) mass is 444 g/mol. The van der Waals surface area contributed by atoms with Crippen molar-refractivity contribution in [2.75, 3.05) is 19.7 Å². The molecule has 12 heteroatoms. The summed E-state index contributed by atoms with van der Waals surface area (Å²) in [6, 6.07) is 5.92. The van der Waals surface area contributed by atoms with Gasteiger partial charge in [0.2, 0.25) is 5.91 Å². The molecule has 1 atom stereocenters. The van der Waals surface area contributed by atoms with Gasteiger partial charge < -0.3 is 9.52 Å². The zero-order valence-electron chi connectivity index (χ0n) is 16.6. The zero-order chi connectivity index (χ0) is 22.4. The van der Waals surface area contributed by atoms with Gasteiger partial charge in [0, 0.05) is 25.8 Å². The summed E-state index contributed by atoms with van der Waals surface area (Å²) in [5, 5.41) is 13.1. The van der Waals surface area contributed by atoms with Crippen LogP contribution in [-0.4, -0.2) is 62.6 Å². The molecule has 4 rings (SSSR count). The first-order chi connectivity index (χ1) is 14.7. The first-order valence-electron chi connectivity index (χ1n) is 9.74. The van der Waals surface area contributed by atoms with Crippen LogP contribution in [0.5, 0.6) is 0 Å². The number of hydrogen-bond acceptors (Lipinski definition) is 6. The second kappa shape index (κ2) is 9.96. The molecule has 2 aliphatic rings. The predicted octanol–water partition coefficient (Wildman–Crippen LogP) is 2.61. The van der Waals surface area contributed by atoms with Crippen LogP contribution in [0.25, 0.3) is 0 Å². The second-order valence-corrected chi connectivity index (χ2v) is 7.21. The lowest BCUT2D eigenvalue weighted by Crippen LogP contribution is -2.41. The third-order valence-electron chi connectivity index (χ3n) is 4.85. The average molecular weight is 444 g/mol. The second-order valence-electron chi connectivity index (χ2n) is 7.21. The van der Waals surface area contributed by atoms with Crippen LogP contribution in [0.4, 0.5) is 13.2 Å². The Morgan fingerprint density at radius 3 is 2.65 bits per heavy atom. The topological polar surface area (TPSA) is 101 Å². The van der Waals surface area contributed by atoms with Crippen molar-refractivity contribution in [2.45, 2.75) is 44.6 Å². The number of halogens is 3. The van der Waals surface area contributed by atoms with E-state index in [1.54, 1.807) is 12.5 Å². The molecule has 2 aromatic rings. The van der Waals surface area contributed by atoms with Gasteiger partial charge in [0.25, 0.3) is 0 Å². The molecule has 1 fully saturated rings. The predicted molar refractivity (Wildman–Crippen MR) is 99.3 cm³/mol. The normalized spacial score (nSPS) is 19.3. The number of aromatic nitrogens is 2. The molecule has 1 saturated heterocycles. The Bertz CT molecular complexity index is 862. The Balaban J connectivity index is 0.000000339. The lowest BCUT2D eigenvalue weighted by atomic mass is 10.1. The molecule has 2 aliphatic heterocycles.